The van der Waals surface area contributed by atoms with Crippen molar-refractivity contribution in [3.63, 3.8) is 0 Å². The third kappa shape index (κ3) is 4.52. The first-order valence-corrected chi connectivity index (χ1v) is 12.9. The van der Waals surface area contributed by atoms with Crippen LogP contribution in [0, 0.1) is 0 Å². The Hall–Kier alpha value is -3.20. The molecule has 36 heavy (non-hydrogen) atoms. The SMILES string of the molecule is COc1ccc(-c2nc(C(=O)NC3CCCC4=C3C=NI=N4)c(CN)o2)c2ccc(C(F)(F)F)nc12. The standard InChI is InChI=1S/C23H20F3IN6O3/c1-35-16-7-5-12(11-6-8-18(23(24,25)26)31-19(11)16)22-32-20(17(9-28)36-22)21(34)30-14-3-2-4-15-13(14)10-29-27-33-15/h5-8,10,14H,2-4,9,28H2,1H3,(H,30,34). The van der Waals surface area contributed by atoms with Crippen molar-refractivity contribution < 1.29 is 27.1 Å². The van der Waals surface area contributed by atoms with Gasteiger partial charge in [-0.2, -0.15) is 13.2 Å². The molecule has 3 aromatic rings. The number of pyridine rings is 1. The third-order valence-electron chi connectivity index (χ3n) is 5.95. The lowest BCUT2D eigenvalue weighted by molar-refractivity contribution is -0.140. The monoisotopic (exact) mass is 612 g/mol. The maximum atomic E-state index is 13.3. The smallest absolute Gasteiger partial charge is 0.433 e. The van der Waals surface area contributed by atoms with Gasteiger partial charge in [0.1, 0.15) is 38.3 Å². The molecule has 1 aliphatic heterocycles. The number of ether oxygens (including phenoxy) is 1. The Morgan fingerprint density at radius 3 is 2.86 bits per heavy atom. The fourth-order valence-corrected chi connectivity index (χ4v) is 5.56. The molecule has 0 bridgehead atoms. The van der Waals surface area contributed by atoms with Crippen molar-refractivity contribution in [2.24, 2.45) is 12.1 Å². The maximum Gasteiger partial charge on any atom is 0.433 e. The summed E-state index contributed by atoms with van der Waals surface area (Å²) >= 11 is -0.572. The number of carbonyl (C=O) groups excluding carboxylic acids is 1. The van der Waals surface area contributed by atoms with Crippen LogP contribution < -0.4 is 15.8 Å². The van der Waals surface area contributed by atoms with Gasteiger partial charge >= 0.3 is 6.18 Å². The molecule has 0 saturated heterocycles. The number of benzene rings is 1. The summed E-state index contributed by atoms with van der Waals surface area (Å²) in [4.78, 5) is 21.3. The Morgan fingerprint density at radius 1 is 1.28 bits per heavy atom. The van der Waals surface area contributed by atoms with Gasteiger partial charge in [-0.3, -0.25) is 4.79 Å². The van der Waals surface area contributed by atoms with E-state index in [2.05, 4.69) is 21.6 Å². The minimum atomic E-state index is -4.62. The number of nitrogens with two attached hydrogens (primary N) is 1. The van der Waals surface area contributed by atoms with E-state index in [-0.39, 0.29) is 41.2 Å². The summed E-state index contributed by atoms with van der Waals surface area (Å²) in [6.07, 6.45) is -0.330. The number of rotatable bonds is 5. The lowest BCUT2D eigenvalue weighted by Crippen LogP contribution is -2.39. The van der Waals surface area contributed by atoms with Gasteiger partial charge in [-0.15, -0.1) is 0 Å². The van der Waals surface area contributed by atoms with E-state index in [1.807, 2.05) is 0 Å². The Morgan fingerprint density at radius 2 is 2.11 bits per heavy atom. The minimum absolute atomic E-state index is 0.00635. The average Bonchev–Trinajstić information content (AvgIpc) is 3.32. The van der Waals surface area contributed by atoms with Crippen molar-refractivity contribution in [2.45, 2.75) is 38.0 Å². The highest BCUT2D eigenvalue weighted by Gasteiger charge is 2.33. The molecule has 1 unspecified atom stereocenters. The van der Waals surface area contributed by atoms with Gasteiger partial charge in [0.25, 0.3) is 5.91 Å². The first kappa shape index (κ1) is 24.5. The summed E-state index contributed by atoms with van der Waals surface area (Å²) in [6, 6.07) is 4.96. The summed E-state index contributed by atoms with van der Waals surface area (Å²) in [5.74, 6) is -0.110. The van der Waals surface area contributed by atoms with Crippen molar-refractivity contribution in [1.82, 2.24) is 15.3 Å². The van der Waals surface area contributed by atoms with Crippen molar-refractivity contribution in [1.29, 1.82) is 0 Å². The number of allylic oxidation sites excluding steroid dienone is 1. The summed E-state index contributed by atoms with van der Waals surface area (Å²) in [5.41, 5.74) is 7.04. The molecule has 5 rings (SSSR count). The van der Waals surface area contributed by atoms with E-state index < -0.39 is 39.1 Å². The van der Waals surface area contributed by atoms with Gasteiger partial charge in [-0.25, -0.2) is 16.3 Å². The van der Waals surface area contributed by atoms with Crippen LogP contribution in [0.5, 0.6) is 5.75 Å². The van der Waals surface area contributed by atoms with Crippen LogP contribution in [0.4, 0.5) is 13.2 Å². The number of carbonyl (C=O) groups is 1. The largest absolute Gasteiger partial charge is 0.494 e. The van der Waals surface area contributed by atoms with Gasteiger partial charge in [0.2, 0.25) is 5.89 Å². The molecular weight excluding hydrogens is 592 g/mol. The average molecular weight is 612 g/mol. The molecule has 1 aliphatic carbocycles. The molecule has 2 aromatic heterocycles. The number of fused-ring (bicyclic) bond motifs is 1. The third-order valence-corrected chi connectivity index (χ3v) is 7.28. The zero-order chi connectivity index (χ0) is 25.4. The molecule has 1 amide bonds. The highest BCUT2D eigenvalue weighted by molar-refractivity contribution is 14.1. The lowest BCUT2D eigenvalue weighted by atomic mass is 9.92. The number of hydrogen-bond donors (Lipinski definition) is 2. The Balaban J connectivity index is 1.52. The van der Waals surface area contributed by atoms with Gasteiger partial charge in [0.15, 0.2) is 11.5 Å². The zero-order valence-corrected chi connectivity index (χ0v) is 21.1. The van der Waals surface area contributed by atoms with E-state index in [1.54, 1.807) is 12.3 Å². The predicted octanol–water partition coefficient (Wildman–Crippen LogP) is 5.07. The Bertz CT molecular complexity index is 1450. The number of nitrogens with one attached hydrogen (secondary N) is 1. The van der Waals surface area contributed by atoms with E-state index in [0.29, 0.717) is 10.9 Å². The second-order valence-corrected chi connectivity index (χ2v) is 9.58. The Kier molecular flexibility index (Phi) is 6.59. The number of aromatic nitrogens is 2. The molecule has 1 aromatic carbocycles. The molecule has 0 saturated carbocycles. The fraction of sp³-hybridized carbons (Fsp3) is 0.304. The van der Waals surface area contributed by atoms with Gasteiger partial charge in [-0.05, 0) is 43.5 Å². The molecule has 3 N–H and O–H groups in total. The molecule has 13 heteroatoms. The van der Waals surface area contributed by atoms with E-state index >= 15 is 0 Å². The number of nitrogens with zero attached hydrogens (tertiary/aromatic N) is 4. The molecule has 9 nitrogen and oxygen atoms in total. The second-order valence-electron chi connectivity index (χ2n) is 8.11. The molecule has 3 heterocycles. The first-order valence-electron chi connectivity index (χ1n) is 11.0. The van der Waals surface area contributed by atoms with Crippen LogP contribution in [0.2, 0.25) is 0 Å². The summed E-state index contributed by atoms with van der Waals surface area (Å²) in [6.45, 7) is -0.0971. The number of hydrogen-bond acceptors (Lipinski definition) is 8. The number of amides is 1. The topological polar surface area (TPSA) is 128 Å². The van der Waals surface area contributed by atoms with E-state index in [0.717, 1.165) is 36.6 Å². The van der Waals surface area contributed by atoms with E-state index in [4.69, 9.17) is 14.9 Å². The Labute approximate surface area is 213 Å². The predicted molar refractivity (Wildman–Crippen MR) is 134 cm³/mol. The van der Waals surface area contributed by atoms with Crippen LogP contribution in [0.3, 0.4) is 0 Å². The zero-order valence-electron chi connectivity index (χ0n) is 18.9. The molecule has 188 valence electrons. The maximum absolute atomic E-state index is 13.3. The van der Waals surface area contributed by atoms with Crippen molar-refractivity contribution in [3.05, 3.63) is 52.7 Å². The van der Waals surface area contributed by atoms with Gasteiger partial charge < -0.3 is 20.2 Å². The first-order chi connectivity index (χ1) is 17.3. The summed E-state index contributed by atoms with van der Waals surface area (Å²) < 4.78 is 59.6. The van der Waals surface area contributed by atoms with Crippen molar-refractivity contribution in [3.8, 4) is 17.2 Å². The van der Waals surface area contributed by atoms with Crippen LogP contribution in [0.15, 0.2) is 46.3 Å². The molecular formula is C23H20F3IN6O3. The number of oxazole rings is 1. The van der Waals surface area contributed by atoms with Gasteiger partial charge in [0.05, 0.1) is 25.4 Å². The van der Waals surface area contributed by atoms with E-state index in [9.17, 15) is 18.0 Å². The highest BCUT2D eigenvalue weighted by atomic mass is 127. The van der Waals surface area contributed by atoms with Gasteiger partial charge in [-0.1, -0.05) is 0 Å². The quantitative estimate of drug-likeness (QED) is 0.388. The number of methoxy groups -OCH3 is 1. The molecule has 2 aliphatic rings. The fourth-order valence-electron chi connectivity index (χ4n) is 4.23. The van der Waals surface area contributed by atoms with Crippen LogP contribution in [0.25, 0.3) is 22.4 Å². The van der Waals surface area contributed by atoms with Crippen molar-refractivity contribution in [2.75, 3.05) is 7.11 Å². The summed E-state index contributed by atoms with van der Waals surface area (Å²) in [7, 11) is 1.34. The second kappa shape index (κ2) is 9.69. The van der Waals surface area contributed by atoms with Crippen LogP contribution in [0.1, 0.15) is 41.2 Å². The van der Waals surface area contributed by atoms with Gasteiger partial charge in [0, 0.05) is 22.7 Å². The highest BCUT2D eigenvalue weighted by Crippen LogP contribution is 2.37. The normalized spacial score (nSPS) is 17.6. The van der Waals surface area contributed by atoms with Crippen LogP contribution in [-0.4, -0.2) is 35.2 Å². The van der Waals surface area contributed by atoms with Crippen LogP contribution >= 0.6 is 21.3 Å². The summed E-state index contributed by atoms with van der Waals surface area (Å²) in [5, 5.41) is 3.31. The number of halogens is 4. The molecule has 0 radical (unpaired) electrons. The van der Waals surface area contributed by atoms with Crippen molar-refractivity contribution >= 4 is 44.3 Å². The molecule has 0 fully saturated rings. The minimum Gasteiger partial charge on any atom is -0.494 e. The number of alkyl halides is 3. The molecule has 1 atom stereocenters. The van der Waals surface area contributed by atoms with E-state index in [1.165, 1.54) is 19.2 Å². The lowest BCUT2D eigenvalue weighted by Gasteiger charge is -2.26. The molecule has 0 spiro atoms. The van der Waals surface area contributed by atoms with Crippen LogP contribution in [-0.2, 0) is 12.7 Å².